The predicted molar refractivity (Wildman–Crippen MR) is 79.8 cm³/mol. The third-order valence-electron chi connectivity index (χ3n) is 3.73. The lowest BCUT2D eigenvalue weighted by Crippen LogP contribution is -2.36. The van der Waals surface area contributed by atoms with Crippen LogP contribution >= 0.6 is 11.6 Å². The predicted octanol–water partition coefficient (Wildman–Crippen LogP) is 1.36. The van der Waals surface area contributed by atoms with Crippen LogP contribution in [0.4, 0.5) is 0 Å². The number of hydrogen-bond donors (Lipinski definition) is 2. The van der Waals surface area contributed by atoms with E-state index < -0.39 is 6.10 Å². The minimum atomic E-state index is -0.767. The van der Waals surface area contributed by atoms with Crippen LogP contribution in [0, 0.1) is 5.92 Å². The number of rotatable bonds is 4. The maximum Gasteiger partial charge on any atom is 0.225 e. The summed E-state index contributed by atoms with van der Waals surface area (Å²) in [4.78, 5) is 24.9. The molecule has 0 spiro atoms. The summed E-state index contributed by atoms with van der Waals surface area (Å²) in [6.45, 7) is 2.73. The van der Waals surface area contributed by atoms with Crippen molar-refractivity contribution in [2.75, 3.05) is 19.6 Å². The van der Waals surface area contributed by atoms with Crippen molar-refractivity contribution in [1.82, 2.24) is 10.2 Å². The van der Waals surface area contributed by atoms with Crippen molar-refractivity contribution >= 4 is 23.4 Å². The van der Waals surface area contributed by atoms with Gasteiger partial charge in [0.25, 0.3) is 0 Å². The fraction of sp³-hybridized carbons (Fsp3) is 0.467. The molecule has 1 fully saturated rings. The van der Waals surface area contributed by atoms with Crippen LogP contribution in [0.25, 0.3) is 0 Å². The third-order valence-corrected chi connectivity index (χ3v) is 3.98. The standard InChI is InChI=1S/C15H19ClN2O3/c1-10(19)18-7-6-12(9-18)15(21)17-8-14(20)11-2-4-13(16)5-3-11/h2-5,12,14,20H,6-9H2,1H3,(H,17,21). The topological polar surface area (TPSA) is 69.6 Å². The minimum Gasteiger partial charge on any atom is -0.387 e. The number of nitrogens with zero attached hydrogens (tertiary/aromatic N) is 1. The van der Waals surface area contributed by atoms with Gasteiger partial charge in [-0.3, -0.25) is 9.59 Å². The average molecular weight is 311 g/mol. The molecule has 1 saturated heterocycles. The molecule has 0 aliphatic carbocycles. The molecule has 5 nitrogen and oxygen atoms in total. The molecule has 2 unspecified atom stereocenters. The number of halogens is 1. The van der Waals surface area contributed by atoms with E-state index in [-0.39, 0.29) is 24.3 Å². The van der Waals surface area contributed by atoms with Crippen LogP contribution in [0.3, 0.4) is 0 Å². The van der Waals surface area contributed by atoms with Crippen LogP contribution in [0.2, 0.25) is 5.02 Å². The van der Waals surface area contributed by atoms with Gasteiger partial charge in [-0.05, 0) is 24.1 Å². The molecular formula is C15H19ClN2O3. The van der Waals surface area contributed by atoms with Gasteiger partial charge in [0.2, 0.25) is 11.8 Å². The van der Waals surface area contributed by atoms with E-state index in [1.165, 1.54) is 6.92 Å². The van der Waals surface area contributed by atoms with Crippen molar-refractivity contribution in [2.24, 2.45) is 5.92 Å². The average Bonchev–Trinajstić information content (AvgIpc) is 2.95. The van der Waals surface area contributed by atoms with Gasteiger partial charge in [0, 0.05) is 31.6 Å². The molecule has 1 aromatic rings. The van der Waals surface area contributed by atoms with Gasteiger partial charge in [0.05, 0.1) is 12.0 Å². The van der Waals surface area contributed by atoms with Gasteiger partial charge in [-0.2, -0.15) is 0 Å². The maximum absolute atomic E-state index is 12.0. The monoisotopic (exact) mass is 310 g/mol. The lowest BCUT2D eigenvalue weighted by molar-refractivity contribution is -0.128. The summed E-state index contributed by atoms with van der Waals surface area (Å²) in [5.74, 6) is -0.315. The van der Waals surface area contributed by atoms with Crippen molar-refractivity contribution in [1.29, 1.82) is 0 Å². The molecule has 1 aliphatic rings. The van der Waals surface area contributed by atoms with Crippen LogP contribution < -0.4 is 5.32 Å². The minimum absolute atomic E-state index is 0.00787. The van der Waals surface area contributed by atoms with Gasteiger partial charge in [0.1, 0.15) is 0 Å². The second kappa shape index (κ2) is 6.91. The van der Waals surface area contributed by atoms with Gasteiger partial charge >= 0.3 is 0 Å². The molecule has 114 valence electrons. The summed E-state index contributed by atoms with van der Waals surface area (Å²) in [6.07, 6.45) is -0.0980. The number of likely N-dealkylation sites (tertiary alicyclic amines) is 1. The lowest BCUT2D eigenvalue weighted by atomic mass is 10.1. The highest BCUT2D eigenvalue weighted by atomic mass is 35.5. The zero-order valence-corrected chi connectivity index (χ0v) is 12.6. The molecule has 2 N–H and O–H groups in total. The van der Waals surface area contributed by atoms with Crippen LogP contribution in [-0.2, 0) is 9.59 Å². The second-order valence-corrected chi connectivity index (χ2v) is 5.70. The van der Waals surface area contributed by atoms with E-state index in [9.17, 15) is 14.7 Å². The maximum atomic E-state index is 12.0. The number of aliphatic hydroxyl groups is 1. The smallest absolute Gasteiger partial charge is 0.225 e. The first-order valence-electron chi connectivity index (χ1n) is 6.94. The first-order valence-corrected chi connectivity index (χ1v) is 7.32. The quantitative estimate of drug-likeness (QED) is 0.882. The number of amides is 2. The molecule has 0 radical (unpaired) electrons. The Morgan fingerprint density at radius 2 is 2.10 bits per heavy atom. The zero-order valence-electron chi connectivity index (χ0n) is 11.9. The Kier molecular flexibility index (Phi) is 5.20. The molecule has 21 heavy (non-hydrogen) atoms. The van der Waals surface area contributed by atoms with E-state index in [1.807, 2.05) is 0 Å². The molecule has 0 aromatic heterocycles. The number of benzene rings is 1. The van der Waals surface area contributed by atoms with E-state index in [0.717, 1.165) is 0 Å². The number of carbonyl (C=O) groups is 2. The van der Waals surface area contributed by atoms with E-state index in [0.29, 0.717) is 30.1 Å². The number of carbonyl (C=O) groups excluding carboxylic acids is 2. The Hall–Kier alpha value is -1.59. The van der Waals surface area contributed by atoms with Crippen molar-refractivity contribution < 1.29 is 14.7 Å². The molecule has 1 aromatic carbocycles. The molecule has 0 saturated carbocycles. The van der Waals surface area contributed by atoms with Gasteiger partial charge in [0.15, 0.2) is 0 Å². The summed E-state index contributed by atoms with van der Waals surface area (Å²) in [7, 11) is 0. The first kappa shape index (κ1) is 15.8. The van der Waals surface area contributed by atoms with Gasteiger partial charge in [-0.15, -0.1) is 0 Å². The van der Waals surface area contributed by atoms with Crippen molar-refractivity contribution in [3.63, 3.8) is 0 Å². The molecule has 2 atom stereocenters. The Bertz CT molecular complexity index is 518. The van der Waals surface area contributed by atoms with Crippen molar-refractivity contribution in [3.05, 3.63) is 34.9 Å². The molecule has 2 amide bonds. The Balaban J connectivity index is 1.81. The summed E-state index contributed by atoms with van der Waals surface area (Å²) in [5.41, 5.74) is 0.705. The molecule has 2 rings (SSSR count). The number of nitrogens with one attached hydrogen (secondary N) is 1. The normalized spacial score (nSPS) is 19.4. The zero-order chi connectivity index (χ0) is 15.4. The highest BCUT2D eigenvalue weighted by Gasteiger charge is 2.29. The van der Waals surface area contributed by atoms with Crippen molar-refractivity contribution in [3.8, 4) is 0 Å². The van der Waals surface area contributed by atoms with Gasteiger partial charge in [-0.25, -0.2) is 0 Å². The second-order valence-electron chi connectivity index (χ2n) is 5.26. The summed E-state index contributed by atoms with van der Waals surface area (Å²) in [6, 6.07) is 6.85. The highest BCUT2D eigenvalue weighted by molar-refractivity contribution is 6.30. The number of aliphatic hydroxyl groups excluding tert-OH is 1. The Morgan fingerprint density at radius 3 is 2.67 bits per heavy atom. The van der Waals surface area contributed by atoms with E-state index in [4.69, 9.17) is 11.6 Å². The Morgan fingerprint density at radius 1 is 1.43 bits per heavy atom. The Labute approximate surface area is 128 Å². The fourth-order valence-electron chi connectivity index (χ4n) is 2.40. The third kappa shape index (κ3) is 4.19. The van der Waals surface area contributed by atoms with Crippen LogP contribution in [0.1, 0.15) is 25.0 Å². The molecular weight excluding hydrogens is 292 g/mol. The van der Waals surface area contributed by atoms with Gasteiger partial charge in [-0.1, -0.05) is 23.7 Å². The highest BCUT2D eigenvalue weighted by Crippen LogP contribution is 2.18. The van der Waals surface area contributed by atoms with Crippen molar-refractivity contribution in [2.45, 2.75) is 19.4 Å². The fourth-order valence-corrected chi connectivity index (χ4v) is 2.53. The summed E-state index contributed by atoms with van der Waals surface area (Å²) in [5, 5.41) is 13.4. The molecule has 1 aliphatic heterocycles. The lowest BCUT2D eigenvalue weighted by Gasteiger charge is -2.16. The van der Waals surface area contributed by atoms with E-state index in [2.05, 4.69) is 5.32 Å². The van der Waals surface area contributed by atoms with Crippen LogP contribution in [0.15, 0.2) is 24.3 Å². The molecule has 0 bridgehead atoms. The molecule has 6 heteroatoms. The van der Waals surface area contributed by atoms with Crippen LogP contribution in [0.5, 0.6) is 0 Å². The first-order chi connectivity index (χ1) is 9.97. The largest absolute Gasteiger partial charge is 0.387 e. The van der Waals surface area contributed by atoms with Crippen LogP contribution in [-0.4, -0.2) is 41.5 Å². The summed E-state index contributed by atoms with van der Waals surface area (Å²) >= 11 is 5.79. The van der Waals surface area contributed by atoms with E-state index in [1.54, 1.807) is 29.2 Å². The number of hydrogen-bond acceptors (Lipinski definition) is 3. The molecule has 1 heterocycles. The van der Waals surface area contributed by atoms with Gasteiger partial charge < -0.3 is 15.3 Å². The SMILES string of the molecule is CC(=O)N1CCC(C(=O)NCC(O)c2ccc(Cl)cc2)C1. The summed E-state index contributed by atoms with van der Waals surface area (Å²) < 4.78 is 0. The van der Waals surface area contributed by atoms with E-state index >= 15 is 0 Å².